The molecule has 7 heteroatoms. The Bertz CT molecular complexity index is 756. The second-order valence-electron chi connectivity index (χ2n) is 6.60. The molecule has 1 aromatic carbocycles. The van der Waals surface area contributed by atoms with Crippen molar-refractivity contribution < 1.29 is 29.0 Å². The molecule has 1 heterocycles. The van der Waals surface area contributed by atoms with Gasteiger partial charge < -0.3 is 14.6 Å². The predicted molar refractivity (Wildman–Crippen MR) is 92.7 cm³/mol. The standard InChI is InChI=1S/C19H21NO6/c1-25-12-2-4-14-11(8-12)10-20-16-5-3-13(9-15(14)16)26-19(24)17(21)6-7-18(22)23/h2,4,8,10,13,15-16H,3,5-7,9H2,1H3,(H,22,23). The van der Waals surface area contributed by atoms with Gasteiger partial charge in [0.25, 0.3) is 0 Å². The summed E-state index contributed by atoms with van der Waals surface area (Å²) in [6.45, 7) is 0. The number of nitrogens with zero attached hydrogens (tertiary/aromatic N) is 1. The van der Waals surface area contributed by atoms with Crippen LogP contribution in [0.25, 0.3) is 0 Å². The second kappa shape index (κ2) is 7.68. The fourth-order valence-electron chi connectivity index (χ4n) is 3.58. The lowest BCUT2D eigenvalue weighted by atomic mass is 9.76. The zero-order chi connectivity index (χ0) is 18.7. The van der Waals surface area contributed by atoms with Crippen molar-refractivity contribution in [1.82, 2.24) is 0 Å². The summed E-state index contributed by atoms with van der Waals surface area (Å²) in [5, 5.41) is 8.60. The maximum atomic E-state index is 11.9. The highest BCUT2D eigenvalue weighted by Gasteiger charge is 2.36. The van der Waals surface area contributed by atoms with E-state index in [1.807, 2.05) is 24.4 Å². The first-order chi connectivity index (χ1) is 12.5. The zero-order valence-electron chi connectivity index (χ0n) is 14.5. The minimum atomic E-state index is -1.11. The van der Waals surface area contributed by atoms with Crippen molar-refractivity contribution in [2.75, 3.05) is 7.11 Å². The third-order valence-electron chi connectivity index (χ3n) is 4.93. The summed E-state index contributed by atoms with van der Waals surface area (Å²) in [6.07, 6.45) is 2.81. The van der Waals surface area contributed by atoms with Crippen molar-refractivity contribution in [2.24, 2.45) is 4.99 Å². The molecule has 0 saturated heterocycles. The van der Waals surface area contributed by atoms with E-state index in [4.69, 9.17) is 14.6 Å². The van der Waals surface area contributed by atoms with Gasteiger partial charge in [0.2, 0.25) is 5.78 Å². The number of benzene rings is 1. The highest BCUT2D eigenvalue weighted by Crippen LogP contribution is 2.40. The van der Waals surface area contributed by atoms with Gasteiger partial charge in [-0.1, -0.05) is 6.07 Å². The first-order valence-corrected chi connectivity index (χ1v) is 8.64. The molecule has 0 radical (unpaired) electrons. The number of carboxylic acid groups (broad SMARTS) is 1. The molecule has 3 atom stereocenters. The number of rotatable bonds is 6. The van der Waals surface area contributed by atoms with Crippen molar-refractivity contribution in [3.05, 3.63) is 29.3 Å². The summed E-state index contributed by atoms with van der Waals surface area (Å²) in [4.78, 5) is 38.7. The van der Waals surface area contributed by atoms with E-state index in [-0.39, 0.29) is 30.9 Å². The van der Waals surface area contributed by atoms with Crippen LogP contribution >= 0.6 is 0 Å². The predicted octanol–water partition coefficient (Wildman–Crippen LogP) is 2.11. The molecule has 7 nitrogen and oxygen atoms in total. The van der Waals surface area contributed by atoms with Crippen LogP contribution in [0.4, 0.5) is 0 Å². The molecule has 3 rings (SSSR count). The minimum absolute atomic E-state index is 0.126. The van der Waals surface area contributed by atoms with Gasteiger partial charge in [-0.15, -0.1) is 0 Å². The van der Waals surface area contributed by atoms with E-state index in [2.05, 4.69) is 4.99 Å². The van der Waals surface area contributed by atoms with Crippen LogP contribution < -0.4 is 4.74 Å². The normalized spacial score (nSPS) is 23.5. The quantitative estimate of drug-likeness (QED) is 0.616. The van der Waals surface area contributed by atoms with Crippen LogP contribution in [0.2, 0.25) is 0 Å². The van der Waals surface area contributed by atoms with Gasteiger partial charge in [0, 0.05) is 18.6 Å². The lowest BCUT2D eigenvalue weighted by Gasteiger charge is -2.36. The van der Waals surface area contributed by atoms with Gasteiger partial charge in [-0.3, -0.25) is 14.6 Å². The molecule has 1 saturated carbocycles. The van der Waals surface area contributed by atoms with Crippen LogP contribution in [0.3, 0.4) is 0 Å². The van der Waals surface area contributed by atoms with Crippen LogP contribution in [0.1, 0.15) is 49.1 Å². The van der Waals surface area contributed by atoms with Crippen molar-refractivity contribution in [3.8, 4) is 5.75 Å². The maximum absolute atomic E-state index is 11.9. The SMILES string of the molecule is COc1ccc2c(c1)C=NC1CCC(OC(=O)C(=O)CCC(=O)O)CC21. The van der Waals surface area contributed by atoms with Crippen molar-refractivity contribution in [3.63, 3.8) is 0 Å². The number of ketones is 1. The van der Waals surface area contributed by atoms with Crippen LogP contribution in [0.15, 0.2) is 23.2 Å². The number of carbonyl (C=O) groups is 3. The average Bonchev–Trinajstić information content (AvgIpc) is 2.65. The lowest BCUT2D eigenvalue weighted by molar-refractivity contribution is -0.159. The number of methoxy groups -OCH3 is 1. The van der Waals surface area contributed by atoms with Gasteiger partial charge in [0.1, 0.15) is 11.9 Å². The van der Waals surface area contributed by atoms with Crippen LogP contribution in [-0.2, 0) is 19.1 Å². The highest BCUT2D eigenvalue weighted by atomic mass is 16.5. The molecule has 0 bridgehead atoms. The molecule has 26 heavy (non-hydrogen) atoms. The van der Waals surface area contributed by atoms with Gasteiger partial charge in [-0.2, -0.15) is 0 Å². The molecule has 2 aliphatic rings. The largest absolute Gasteiger partial charge is 0.497 e. The molecule has 1 N–H and O–H groups in total. The number of ether oxygens (including phenoxy) is 2. The van der Waals surface area contributed by atoms with Crippen LogP contribution in [-0.4, -0.2) is 48.3 Å². The Hall–Kier alpha value is -2.70. The molecule has 138 valence electrons. The molecular formula is C19H21NO6. The monoisotopic (exact) mass is 359 g/mol. The first kappa shape index (κ1) is 18.1. The number of carboxylic acids is 1. The molecule has 0 aromatic heterocycles. The average molecular weight is 359 g/mol. The number of hydrogen-bond acceptors (Lipinski definition) is 6. The first-order valence-electron chi connectivity index (χ1n) is 8.64. The minimum Gasteiger partial charge on any atom is -0.497 e. The second-order valence-corrected chi connectivity index (χ2v) is 6.60. The van der Waals surface area contributed by atoms with Gasteiger partial charge in [0.05, 0.1) is 19.6 Å². The number of aliphatic imine (C=N–C) groups is 1. The Kier molecular flexibility index (Phi) is 5.35. The topological polar surface area (TPSA) is 102 Å². The number of aliphatic carboxylic acids is 1. The Balaban J connectivity index is 1.65. The van der Waals surface area contributed by atoms with E-state index >= 15 is 0 Å². The molecule has 1 fully saturated rings. The Morgan fingerprint density at radius 2 is 2.04 bits per heavy atom. The fourth-order valence-corrected chi connectivity index (χ4v) is 3.58. The van der Waals surface area contributed by atoms with E-state index < -0.39 is 17.7 Å². The summed E-state index contributed by atoms with van der Waals surface area (Å²) in [5.41, 5.74) is 2.14. The number of esters is 1. The third-order valence-corrected chi connectivity index (χ3v) is 4.93. The number of carbonyl (C=O) groups excluding carboxylic acids is 2. The van der Waals surface area contributed by atoms with Crippen molar-refractivity contribution in [1.29, 1.82) is 0 Å². The molecule has 0 spiro atoms. The number of hydrogen-bond donors (Lipinski definition) is 1. The Labute approximate surface area is 151 Å². The summed E-state index contributed by atoms with van der Waals surface area (Å²) in [6, 6.07) is 5.99. The van der Waals surface area contributed by atoms with Crippen LogP contribution in [0.5, 0.6) is 5.75 Å². The number of Topliss-reactive ketones (excluding diaryl/α,β-unsaturated/α-hetero) is 1. The zero-order valence-corrected chi connectivity index (χ0v) is 14.5. The smallest absolute Gasteiger partial charge is 0.374 e. The fraction of sp³-hybridized carbons (Fsp3) is 0.474. The molecule has 3 unspecified atom stereocenters. The summed E-state index contributed by atoms with van der Waals surface area (Å²) in [5.74, 6) is -1.96. The molecular weight excluding hydrogens is 338 g/mol. The lowest BCUT2D eigenvalue weighted by Crippen LogP contribution is -2.35. The Morgan fingerprint density at radius 1 is 1.23 bits per heavy atom. The summed E-state index contributed by atoms with van der Waals surface area (Å²) in [7, 11) is 1.61. The van der Waals surface area contributed by atoms with Gasteiger partial charge in [-0.05, 0) is 42.5 Å². The summed E-state index contributed by atoms with van der Waals surface area (Å²) >= 11 is 0. The van der Waals surface area contributed by atoms with E-state index in [1.165, 1.54) is 0 Å². The van der Waals surface area contributed by atoms with Crippen molar-refractivity contribution in [2.45, 2.75) is 50.2 Å². The van der Waals surface area contributed by atoms with Gasteiger partial charge >= 0.3 is 11.9 Å². The molecule has 1 aromatic rings. The third kappa shape index (κ3) is 3.92. The van der Waals surface area contributed by atoms with E-state index in [0.29, 0.717) is 12.8 Å². The van der Waals surface area contributed by atoms with Gasteiger partial charge in [-0.25, -0.2) is 4.79 Å². The molecule has 0 amide bonds. The Morgan fingerprint density at radius 3 is 2.77 bits per heavy atom. The van der Waals surface area contributed by atoms with Crippen molar-refractivity contribution >= 4 is 23.9 Å². The summed E-state index contributed by atoms with van der Waals surface area (Å²) < 4.78 is 10.6. The number of fused-ring (bicyclic) bond motifs is 3. The van der Waals surface area contributed by atoms with E-state index in [9.17, 15) is 14.4 Å². The van der Waals surface area contributed by atoms with Crippen LogP contribution in [0, 0.1) is 0 Å². The molecule has 1 aliphatic carbocycles. The highest BCUT2D eigenvalue weighted by molar-refractivity contribution is 6.33. The maximum Gasteiger partial charge on any atom is 0.374 e. The molecule has 1 aliphatic heterocycles. The van der Waals surface area contributed by atoms with E-state index in [0.717, 1.165) is 23.3 Å². The van der Waals surface area contributed by atoms with Gasteiger partial charge in [0.15, 0.2) is 0 Å². The van der Waals surface area contributed by atoms with E-state index in [1.54, 1.807) is 7.11 Å².